The molecular formula is C17H23N3O3. The number of rotatable bonds is 4. The SMILES string of the molecule is COc1ccc(NC(=O)C2CC2C(=O)N2CCN(C)CC2)cc1. The van der Waals surface area contributed by atoms with Crippen LogP contribution in [-0.2, 0) is 9.59 Å². The zero-order valence-electron chi connectivity index (χ0n) is 13.6. The first-order chi connectivity index (χ1) is 11.1. The van der Waals surface area contributed by atoms with Crippen molar-refractivity contribution in [2.75, 3.05) is 45.7 Å². The van der Waals surface area contributed by atoms with E-state index in [1.807, 2.05) is 4.90 Å². The zero-order chi connectivity index (χ0) is 16.4. The third kappa shape index (κ3) is 3.64. The van der Waals surface area contributed by atoms with E-state index in [4.69, 9.17) is 4.74 Å². The quantitative estimate of drug-likeness (QED) is 0.901. The van der Waals surface area contributed by atoms with Crippen LogP contribution >= 0.6 is 0 Å². The Hall–Kier alpha value is -2.08. The molecule has 0 bridgehead atoms. The maximum atomic E-state index is 12.4. The van der Waals surface area contributed by atoms with Crippen molar-refractivity contribution in [2.24, 2.45) is 11.8 Å². The number of ether oxygens (including phenoxy) is 1. The number of piperazine rings is 1. The van der Waals surface area contributed by atoms with Crippen LogP contribution in [0.15, 0.2) is 24.3 Å². The number of anilines is 1. The number of hydrogen-bond acceptors (Lipinski definition) is 4. The first-order valence-electron chi connectivity index (χ1n) is 8.00. The van der Waals surface area contributed by atoms with Gasteiger partial charge in [0.15, 0.2) is 0 Å². The lowest BCUT2D eigenvalue weighted by molar-refractivity contribution is -0.135. The van der Waals surface area contributed by atoms with Crippen LogP contribution in [0, 0.1) is 11.8 Å². The smallest absolute Gasteiger partial charge is 0.228 e. The predicted molar refractivity (Wildman–Crippen MR) is 87.3 cm³/mol. The molecule has 124 valence electrons. The summed E-state index contributed by atoms with van der Waals surface area (Å²) in [6, 6.07) is 7.21. The summed E-state index contributed by atoms with van der Waals surface area (Å²) in [5.74, 6) is 0.481. The van der Waals surface area contributed by atoms with Crippen molar-refractivity contribution in [1.29, 1.82) is 0 Å². The van der Waals surface area contributed by atoms with E-state index in [-0.39, 0.29) is 23.7 Å². The van der Waals surface area contributed by atoms with Crippen LogP contribution in [-0.4, -0.2) is 62.0 Å². The molecule has 6 nitrogen and oxygen atoms in total. The molecule has 1 aromatic carbocycles. The fourth-order valence-corrected chi connectivity index (χ4v) is 2.93. The van der Waals surface area contributed by atoms with Gasteiger partial charge in [0, 0.05) is 31.9 Å². The Bertz CT molecular complexity index is 579. The van der Waals surface area contributed by atoms with Gasteiger partial charge in [-0.1, -0.05) is 0 Å². The molecule has 0 radical (unpaired) electrons. The number of carbonyl (C=O) groups excluding carboxylic acids is 2. The van der Waals surface area contributed by atoms with Gasteiger partial charge in [0.2, 0.25) is 11.8 Å². The Morgan fingerprint density at radius 2 is 1.74 bits per heavy atom. The van der Waals surface area contributed by atoms with Gasteiger partial charge in [0.05, 0.1) is 18.9 Å². The van der Waals surface area contributed by atoms with Crippen molar-refractivity contribution >= 4 is 17.5 Å². The Morgan fingerprint density at radius 1 is 1.09 bits per heavy atom. The first kappa shape index (κ1) is 15.8. The maximum Gasteiger partial charge on any atom is 0.228 e. The lowest BCUT2D eigenvalue weighted by atomic mass is 10.2. The number of amides is 2. The summed E-state index contributed by atoms with van der Waals surface area (Å²) in [5, 5.41) is 2.88. The van der Waals surface area contributed by atoms with Gasteiger partial charge in [-0.05, 0) is 37.7 Å². The molecule has 1 saturated carbocycles. The second-order valence-electron chi connectivity index (χ2n) is 6.30. The normalized spacial score (nSPS) is 24.2. The van der Waals surface area contributed by atoms with Crippen LogP contribution in [0.1, 0.15) is 6.42 Å². The van der Waals surface area contributed by atoms with Crippen molar-refractivity contribution in [3.8, 4) is 5.75 Å². The Labute approximate surface area is 136 Å². The topological polar surface area (TPSA) is 61.9 Å². The molecule has 23 heavy (non-hydrogen) atoms. The minimum Gasteiger partial charge on any atom is -0.497 e. The van der Waals surface area contributed by atoms with Crippen molar-refractivity contribution in [1.82, 2.24) is 9.80 Å². The number of nitrogens with zero attached hydrogens (tertiary/aromatic N) is 2. The first-order valence-corrected chi connectivity index (χ1v) is 8.00. The van der Waals surface area contributed by atoms with Crippen molar-refractivity contribution in [3.63, 3.8) is 0 Å². The van der Waals surface area contributed by atoms with Crippen LogP contribution in [0.2, 0.25) is 0 Å². The van der Waals surface area contributed by atoms with Gasteiger partial charge < -0.3 is 19.9 Å². The van der Waals surface area contributed by atoms with E-state index in [9.17, 15) is 9.59 Å². The number of benzene rings is 1. The molecule has 0 aromatic heterocycles. The van der Waals surface area contributed by atoms with Crippen LogP contribution in [0.3, 0.4) is 0 Å². The molecule has 3 rings (SSSR count). The zero-order valence-corrected chi connectivity index (χ0v) is 13.6. The number of nitrogens with one attached hydrogen (secondary N) is 1. The maximum absolute atomic E-state index is 12.4. The molecule has 1 aliphatic carbocycles. The van der Waals surface area contributed by atoms with E-state index >= 15 is 0 Å². The van der Waals surface area contributed by atoms with Crippen LogP contribution < -0.4 is 10.1 Å². The second kappa shape index (κ2) is 6.58. The summed E-state index contributed by atoms with van der Waals surface area (Å²) in [4.78, 5) is 28.8. The lowest BCUT2D eigenvalue weighted by Crippen LogP contribution is -2.48. The van der Waals surface area contributed by atoms with E-state index in [0.29, 0.717) is 6.42 Å². The Balaban J connectivity index is 1.51. The van der Waals surface area contributed by atoms with Crippen LogP contribution in [0.5, 0.6) is 5.75 Å². The van der Waals surface area contributed by atoms with Gasteiger partial charge in [-0.25, -0.2) is 0 Å². The van der Waals surface area contributed by atoms with Gasteiger partial charge in [-0.2, -0.15) is 0 Å². The molecule has 2 fully saturated rings. The predicted octanol–water partition coefficient (Wildman–Crippen LogP) is 1.04. The molecule has 0 spiro atoms. The average molecular weight is 317 g/mol. The molecule has 1 N–H and O–H groups in total. The minimum absolute atomic E-state index is 0.0670. The van der Waals surface area contributed by atoms with E-state index in [0.717, 1.165) is 37.6 Å². The highest BCUT2D eigenvalue weighted by molar-refractivity contribution is 5.99. The monoisotopic (exact) mass is 317 g/mol. The summed E-state index contributed by atoms with van der Waals surface area (Å²) in [7, 11) is 3.66. The molecule has 1 aliphatic heterocycles. The van der Waals surface area contributed by atoms with Gasteiger partial charge >= 0.3 is 0 Å². The molecule has 2 unspecified atom stereocenters. The summed E-state index contributed by atoms with van der Waals surface area (Å²) in [6.07, 6.45) is 0.660. The highest BCUT2D eigenvalue weighted by Crippen LogP contribution is 2.41. The van der Waals surface area contributed by atoms with Crippen LogP contribution in [0.4, 0.5) is 5.69 Å². The standard InChI is InChI=1S/C17H23N3O3/c1-19-7-9-20(10-8-19)17(22)15-11-14(15)16(21)18-12-3-5-13(23-2)6-4-12/h3-6,14-15H,7-11H2,1-2H3,(H,18,21). The fourth-order valence-electron chi connectivity index (χ4n) is 2.93. The van der Waals surface area contributed by atoms with Crippen LogP contribution in [0.25, 0.3) is 0 Å². The summed E-state index contributed by atoms with van der Waals surface area (Å²) in [6.45, 7) is 3.33. The number of methoxy groups -OCH3 is 1. The molecular weight excluding hydrogens is 294 g/mol. The van der Waals surface area contributed by atoms with Crippen molar-refractivity contribution in [2.45, 2.75) is 6.42 Å². The summed E-state index contributed by atoms with van der Waals surface area (Å²) >= 11 is 0. The van der Waals surface area contributed by atoms with Crippen molar-refractivity contribution < 1.29 is 14.3 Å². The molecule has 2 amide bonds. The van der Waals surface area contributed by atoms with E-state index in [1.165, 1.54) is 0 Å². The van der Waals surface area contributed by atoms with Gasteiger partial charge in [-0.3, -0.25) is 9.59 Å². The van der Waals surface area contributed by atoms with E-state index < -0.39 is 0 Å². The van der Waals surface area contributed by atoms with E-state index in [1.54, 1.807) is 31.4 Å². The Morgan fingerprint density at radius 3 is 2.35 bits per heavy atom. The lowest BCUT2D eigenvalue weighted by Gasteiger charge is -2.32. The molecule has 6 heteroatoms. The highest BCUT2D eigenvalue weighted by atomic mass is 16.5. The van der Waals surface area contributed by atoms with Gasteiger partial charge in [0.25, 0.3) is 0 Å². The molecule has 1 aromatic rings. The average Bonchev–Trinajstić information content (AvgIpc) is 3.36. The minimum atomic E-state index is -0.191. The largest absolute Gasteiger partial charge is 0.497 e. The summed E-state index contributed by atoms with van der Waals surface area (Å²) in [5.41, 5.74) is 0.730. The number of likely N-dealkylation sites (N-methyl/N-ethyl adjacent to an activating group) is 1. The summed E-state index contributed by atoms with van der Waals surface area (Å²) < 4.78 is 5.09. The highest BCUT2D eigenvalue weighted by Gasteiger charge is 2.49. The van der Waals surface area contributed by atoms with Crippen molar-refractivity contribution in [3.05, 3.63) is 24.3 Å². The Kier molecular flexibility index (Phi) is 4.52. The molecule has 2 aliphatic rings. The van der Waals surface area contributed by atoms with E-state index in [2.05, 4.69) is 17.3 Å². The number of hydrogen-bond donors (Lipinski definition) is 1. The molecule has 1 heterocycles. The second-order valence-corrected chi connectivity index (χ2v) is 6.30. The molecule has 2 atom stereocenters. The fraction of sp³-hybridized carbons (Fsp3) is 0.529. The third-order valence-corrected chi connectivity index (χ3v) is 4.62. The number of carbonyl (C=O) groups is 2. The molecule has 1 saturated heterocycles. The van der Waals surface area contributed by atoms with Gasteiger partial charge in [-0.15, -0.1) is 0 Å². The van der Waals surface area contributed by atoms with Gasteiger partial charge in [0.1, 0.15) is 5.75 Å². The third-order valence-electron chi connectivity index (χ3n) is 4.62.